The summed E-state index contributed by atoms with van der Waals surface area (Å²) in [5.74, 6) is 3.36. The molecule has 112 valence electrons. The first-order chi connectivity index (χ1) is 9.44. The summed E-state index contributed by atoms with van der Waals surface area (Å²) in [6.07, 6.45) is 3.88. The molecule has 1 N–H and O–H groups in total. The monoisotopic (exact) mass is 277 g/mol. The van der Waals surface area contributed by atoms with Crippen LogP contribution in [0.15, 0.2) is 0 Å². The van der Waals surface area contributed by atoms with Crippen LogP contribution in [-0.2, 0) is 9.31 Å². The summed E-state index contributed by atoms with van der Waals surface area (Å²) in [6, 6.07) is 0. The Kier molecular flexibility index (Phi) is 2.88. The van der Waals surface area contributed by atoms with E-state index in [2.05, 4.69) is 33.0 Å². The Morgan fingerprint density at radius 2 is 2.05 bits per heavy atom. The van der Waals surface area contributed by atoms with E-state index in [4.69, 9.17) is 9.31 Å². The zero-order valence-electron chi connectivity index (χ0n) is 13.3. The zero-order chi connectivity index (χ0) is 14.1. The first kappa shape index (κ1) is 13.6. The van der Waals surface area contributed by atoms with E-state index in [1.807, 2.05) is 0 Å². The van der Waals surface area contributed by atoms with Gasteiger partial charge in [0.1, 0.15) is 0 Å². The maximum absolute atomic E-state index is 6.59. The highest BCUT2D eigenvalue weighted by Crippen LogP contribution is 2.64. The van der Waals surface area contributed by atoms with Crippen LogP contribution in [0.2, 0.25) is 0 Å². The molecule has 0 aromatic rings. The van der Waals surface area contributed by atoms with Crippen molar-refractivity contribution in [3.63, 3.8) is 0 Å². The van der Waals surface area contributed by atoms with Gasteiger partial charge in [0, 0.05) is 5.94 Å². The predicted octanol–water partition coefficient (Wildman–Crippen LogP) is 2.50. The summed E-state index contributed by atoms with van der Waals surface area (Å²) < 4.78 is 12.7. The highest BCUT2D eigenvalue weighted by Gasteiger charge is 2.65. The van der Waals surface area contributed by atoms with Crippen molar-refractivity contribution < 1.29 is 9.31 Å². The van der Waals surface area contributed by atoms with E-state index in [0.717, 1.165) is 25.0 Å². The Hall–Kier alpha value is -0.0551. The largest absolute Gasteiger partial charge is 0.475 e. The smallest absolute Gasteiger partial charge is 0.407 e. The number of hydrogen-bond acceptors (Lipinski definition) is 3. The first-order valence-electron chi connectivity index (χ1n) is 8.47. The summed E-state index contributed by atoms with van der Waals surface area (Å²) in [5.41, 5.74) is 0.481. The average Bonchev–Trinajstić information content (AvgIpc) is 2.95. The molecule has 3 nitrogen and oxygen atoms in total. The van der Waals surface area contributed by atoms with E-state index in [0.29, 0.717) is 23.2 Å². The lowest BCUT2D eigenvalue weighted by molar-refractivity contribution is -0.183. The SMILES string of the molecule is CC1CNC(B2OCC3(CCC4CC3C4(C)C)O2)C1C. The van der Waals surface area contributed by atoms with Crippen molar-refractivity contribution in [1.29, 1.82) is 0 Å². The van der Waals surface area contributed by atoms with E-state index in [1.54, 1.807) is 0 Å². The van der Waals surface area contributed by atoms with Crippen LogP contribution in [0.3, 0.4) is 0 Å². The number of fused-ring (bicyclic) bond motifs is 1. The second-order valence-corrected chi connectivity index (χ2v) is 8.48. The van der Waals surface area contributed by atoms with E-state index in [-0.39, 0.29) is 12.7 Å². The normalized spacial score (nSPS) is 53.4. The fourth-order valence-corrected chi connectivity index (χ4v) is 5.40. The molecular weight excluding hydrogens is 249 g/mol. The second kappa shape index (κ2) is 4.24. The molecule has 0 amide bonds. The van der Waals surface area contributed by atoms with Crippen molar-refractivity contribution in [2.45, 2.75) is 58.5 Å². The average molecular weight is 277 g/mol. The molecule has 0 aromatic heterocycles. The summed E-state index contributed by atoms with van der Waals surface area (Å²) in [5, 5.41) is 3.62. The molecule has 0 aromatic carbocycles. The summed E-state index contributed by atoms with van der Waals surface area (Å²) in [4.78, 5) is 0. The van der Waals surface area contributed by atoms with Crippen LogP contribution in [-0.4, -0.2) is 31.8 Å². The Labute approximate surface area is 123 Å². The summed E-state index contributed by atoms with van der Waals surface area (Å²) >= 11 is 0. The van der Waals surface area contributed by atoms with Gasteiger partial charge in [-0.2, -0.15) is 0 Å². The molecule has 1 spiro atoms. The van der Waals surface area contributed by atoms with Crippen LogP contribution in [0.25, 0.3) is 0 Å². The molecule has 20 heavy (non-hydrogen) atoms. The van der Waals surface area contributed by atoms with Crippen molar-refractivity contribution in [2.24, 2.45) is 29.1 Å². The Bertz CT molecular complexity index is 413. The third kappa shape index (κ3) is 1.65. The molecule has 6 atom stereocenters. The Morgan fingerprint density at radius 1 is 1.25 bits per heavy atom. The quantitative estimate of drug-likeness (QED) is 0.747. The van der Waals surface area contributed by atoms with Crippen molar-refractivity contribution >= 4 is 7.12 Å². The van der Waals surface area contributed by atoms with Gasteiger partial charge in [0.25, 0.3) is 0 Å². The molecular formula is C16H28BNO2. The third-order valence-electron chi connectivity index (χ3n) is 7.30. The van der Waals surface area contributed by atoms with Crippen LogP contribution in [0.5, 0.6) is 0 Å². The third-order valence-corrected chi connectivity index (χ3v) is 7.30. The van der Waals surface area contributed by atoms with Crippen LogP contribution >= 0.6 is 0 Å². The van der Waals surface area contributed by atoms with Gasteiger partial charge in [0.2, 0.25) is 0 Å². The fourth-order valence-electron chi connectivity index (χ4n) is 5.40. The fraction of sp³-hybridized carbons (Fsp3) is 1.00. The van der Waals surface area contributed by atoms with Crippen molar-refractivity contribution in [3.05, 3.63) is 0 Å². The number of hydrogen-bond donors (Lipinski definition) is 1. The van der Waals surface area contributed by atoms with Crippen LogP contribution in [0.4, 0.5) is 0 Å². The lowest BCUT2D eigenvalue weighted by Crippen LogP contribution is -2.63. The molecule has 2 bridgehead atoms. The maximum atomic E-state index is 6.59. The maximum Gasteiger partial charge on any atom is 0.475 e. The Morgan fingerprint density at radius 3 is 2.65 bits per heavy atom. The molecule has 0 radical (unpaired) electrons. The molecule has 2 aliphatic heterocycles. The summed E-state index contributed by atoms with van der Waals surface area (Å²) in [6.45, 7) is 11.4. The van der Waals surface area contributed by atoms with Crippen molar-refractivity contribution in [1.82, 2.24) is 5.32 Å². The van der Waals surface area contributed by atoms with Gasteiger partial charge >= 0.3 is 7.12 Å². The second-order valence-electron chi connectivity index (χ2n) is 8.48. The summed E-state index contributed by atoms with van der Waals surface area (Å²) in [7, 11) is -0.0251. The molecule has 5 fully saturated rings. The number of nitrogens with one attached hydrogen (secondary N) is 1. The van der Waals surface area contributed by atoms with E-state index in [1.165, 1.54) is 19.3 Å². The van der Waals surface area contributed by atoms with Gasteiger partial charge in [0.15, 0.2) is 0 Å². The standard InChI is InChI=1S/C16H28BNO2/c1-10-8-18-14(11(10)2)17-19-9-16(20-17)6-5-12-7-13(16)15(12,3)4/h10-14,18H,5-9H2,1-4H3. The van der Waals surface area contributed by atoms with Crippen molar-refractivity contribution in [3.8, 4) is 0 Å². The van der Waals surface area contributed by atoms with E-state index < -0.39 is 0 Å². The van der Waals surface area contributed by atoms with Crippen LogP contribution < -0.4 is 5.32 Å². The van der Waals surface area contributed by atoms with Gasteiger partial charge in [-0.25, -0.2) is 0 Å². The molecule has 6 unspecified atom stereocenters. The molecule has 2 saturated heterocycles. The number of rotatable bonds is 1. The van der Waals surface area contributed by atoms with E-state index in [9.17, 15) is 0 Å². The predicted molar refractivity (Wildman–Crippen MR) is 80.3 cm³/mol. The van der Waals surface area contributed by atoms with Crippen LogP contribution in [0.1, 0.15) is 47.0 Å². The van der Waals surface area contributed by atoms with Gasteiger partial charge in [-0.05, 0) is 54.9 Å². The van der Waals surface area contributed by atoms with Gasteiger partial charge in [-0.15, -0.1) is 0 Å². The lowest BCUT2D eigenvalue weighted by atomic mass is 9.44. The topological polar surface area (TPSA) is 30.5 Å². The zero-order valence-corrected chi connectivity index (χ0v) is 13.3. The Balaban J connectivity index is 1.51. The van der Waals surface area contributed by atoms with Gasteiger partial charge in [-0.1, -0.05) is 27.7 Å². The first-order valence-corrected chi connectivity index (χ1v) is 8.47. The van der Waals surface area contributed by atoms with Crippen molar-refractivity contribution in [2.75, 3.05) is 13.2 Å². The van der Waals surface area contributed by atoms with Gasteiger partial charge in [-0.3, -0.25) is 0 Å². The molecule has 3 saturated carbocycles. The highest BCUT2D eigenvalue weighted by atomic mass is 16.7. The van der Waals surface area contributed by atoms with Crippen LogP contribution in [0, 0.1) is 29.1 Å². The molecule has 4 heteroatoms. The van der Waals surface area contributed by atoms with E-state index >= 15 is 0 Å². The minimum absolute atomic E-state index is 0.0240. The van der Waals surface area contributed by atoms with Gasteiger partial charge in [0.05, 0.1) is 12.2 Å². The highest BCUT2D eigenvalue weighted by molar-refractivity contribution is 6.47. The molecule has 2 heterocycles. The minimum atomic E-state index is -0.0251. The molecule has 5 rings (SSSR count). The lowest BCUT2D eigenvalue weighted by Gasteiger charge is -2.63. The minimum Gasteiger partial charge on any atom is -0.407 e. The molecule has 5 aliphatic rings. The van der Waals surface area contributed by atoms with Gasteiger partial charge < -0.3 is 14.6 Å². The molecule has 3 aliphatic carbocycles.